The van der Waals surface area contributed by atoms with Crippen molar-refractivity contribution in [2.24, 2.45) is 0 Å². The highest BCUT2D eigenvalue weighted by atomic mass is 79.9. The average Bonchev–Trinajstić information content (AvgIpc) is 2.09. The number of nitrogens with one attached hydrogen (secondary N) is 1. The number of carboxylic acid groups (broad SMARTS) is 1. The number of aliphatic carboxylic acids is 1. The molecule has 0 aromatic carbocycles. The van der Waals surface area contributed by atoms with Crippen molar-refractivity contribution in [1.29, 1.82) is 0 Å². The molecule has 0 aliphatic carbocycles. The molecule has 0 amide bonds. The Morgan fingerprint density at radius 2 is 2.00 bits per heavy atom. The number of halogens is 1. The summed E-state index contributed by atoms with van der Waals surface area (Å²) in [6, 6.07) is 0. The minimum Gasteiger partial charge on any atom is -0.478 e. The summed E-state index contributed by atoms with van der Waals surface area (Å²) in [5, 5.41) is 11.8. The zero-order valence-corrected chi connectivity index (χ0v) is 11.3. The summed E-state index contributed by atoms with van der Waals surface area (Å²) in [6.45, 7) is 4.38. The van der Waals surface area contributed by atoms with Gasteiger partial charge in [0.15, 0.2) is 0 Å². The predicted molar refractivity (Wildman–Crippen MR) is 67.8 cm³/mol. The van der Waals surface area contributed by atoms with Crippen molar-refractivity contribution >= 4 is 23.0 Å². The van der Waals surface area contributed by atoms with Crippen molar-refractivity contribution in [1.82, 2.24) is 10.2 Å². The molecule has 2 N–H and O–H groups in total. The molecule has 0 aromatic heterocycles. The molecule has 0 rings (SSSR count). The van der Waals surface area contributed by atoms with Crippen LogP contribution in [-0.4, -0.2) is 49.7 Å². The summed E-state index contributed by atoms with van der Waals surface area (Å²) in [6.07, 6.45) is 2.51. The van der Waals surface area contributed by atoms with Crippen LogP contribution in [-0.2, 0) is 4.79 Å². The molecule has 0 fully saturated rings. The summed E-state index contributed by atoms with van der Waals surface area (Å²) >= 11 is 0. The SMILES string of the molecule is Br.CC(=CCCNCCN(C)C)C(=O)O. The van der Waals surface area contributed by atoms with E-state index in [4.69, 9.17) is 5.11 Å². The van der Waals surface area contributed by atoms with Gasteiger partial charge in [0.05, 0.1) is 0 Å². The normalized spacial score (nSPS) is 11.3. The van der Waals surface area contributed by atoms with E-state index in [0.29, 0.717) is 5.57 Å². The molecule has 0 saturated heterocycles. The van der Waals surface area contributed by atoms with Gasteiger partial charge in [-0.25, -0.2) is 4.79 Å². The second-order valence-electron chi connectivity index (χ2n) is 3.53. The number of carbonyl (C=O) groups is 1. The lowest BCUT2D eigenvalue weighted by Crippen LogP contribution is -2.27. The fraction of sp³-hybridized carbons (Fsp3) is 0.700. The number of carboxylic acids is 1. The van der Waals surface area contributed by atoms with E-state index in [1.807, 2.05) is 14.1 Å². The molecule has 15 heavy (non-hydrogen) atoms. The minimum atomic E-state index is -0.835. The van der Waals surface area contributed by atoms with Gasteiger partial charge in [0.25, 0.3) is 0 Å². The molecule has 4 nitrogen and oxygen atoms in total. The fourth-order valence-corrected chi connectivity index (χ4v) is 0.906. The Kier molecular flexibility index (Phi) is 11.5. The highest BCUT2D eigenvalue weighted by Gasteiger charge is 1.97. The predicted octanol–water partition coefficient (Wildman–Crippen LogP) is 1.14. The van der Waals surface area contributed by atoms with Crippen LogP contribution < -0.4 is 5.32 Å². The van der Waals surface area contributed by atoms with Crippen LogP contribution in [0.25, 0.3) is 0 Å². The lowest BCUT2D eigenvalue weighted by Gasteiger charge is -2.09. The monoisotopic (exact) mass is 280 g/mol. The van der Waals surface area contributed by atoms with Gasteiger partial charge in [-0.1, -0.05) is 6.08 Å². The summed E-state index contributed by atoms with van der Waals surface area (Å²) in [4.78, 5) is 12.5. The Morgan fingerprint density at radius 3 is 2.47 bits per heavy atom. The van der Waals surface area contributed by atoms with E-state index >= 15 is 0 Å². The van der Waals surface area contributed by atoms with Gasteiger partial charge in [-0.3, -0.25) is 0 Å². The molecule has 0 atom stereocenters. The van der Waals surface area contributed by atoms with E-state index < -0.39 is 5.97 Å². The maximum atomic E-state index is 10.4. The molecule has 0 aromatic rings. The number of likely N-dealkylation sites (N-methyl/N-ethyl adjacent to an activating group) is 1. The Labute approximate surface area is 102 Å². The largest absolute Gasteiger partial charge is 0.478 e. The lowest BCUT2D eigenvalue weighted by molar-refractivity contribution is -0.132. The molecular weight excluding hydrogens is 260 g/mol. The first-order valence-electron chi connectivity index (χ1n) is 4.79. The first-order valence-corrected chi connectivity index (χ1v) is 4.79. The molecule has 0 aliphatic heterocycles. The van der Waals surface area contributed by atoms with Crippen LogP contribution >= 0.6 is 17.0 Å². The highest BCUT2D eigenvalue weighted by Crippen LogP contribution is 1.93. The first-order chi connectivity index (χ1) is 6.54. The molecule has 5 heteroatoms. The van der Waals surface area contributed by atoms with Crippen LogP contribution in [0.4, 0.5) is 0 Å². The maximum absolute atomic E-state index is 10.4. The zero-order chi connectivity index (χ0) is 11.0. The molecule has 0 unspecified atom stereocenters. The number of hydrogen-bond acceptors (Lipinski definition) is 3. The van der Waals surface area contributed by atoms with Gasteiger partial charge >= 0.3 is 5.97 Å². The van der Waals surface area contributed by atoms with Crippen LogP contribution in [0.1, 0.15) is 13.3 Å². The Balaban J connectivity index is 0. The van der Waals surface area contributed by atoms with E-state index in [0.717, 1.165) is 26.1 Å². The van der Waals surface area contributed by atoms with Crippen LogP contribution in [0.2, 0.25) is 0 Å². The van der Waals surface area contributed by atoms with E-state index in [-0.39, 0.29) is 17.0 Å². The van der Waals surface area contributed by atoms with E-state index in [1.54, 1.807) is 13.0 Å². The molecule has 90 valence electrons. The first kappa shape index (κ1) is 17.0. The van der Waals surface area contributed by atoms with Crippen molar-refractivity contribution in [3.8, 4) is 0 Å². The summed E-state index contributed by atoms with van der Waals surface area (Å²) in [5.74, 6) is -0.835. The molecule has 0 saturated carbocycles. The Morgan fingerprint density at radius 1 is 1.40 bits per heavy atom. The van der Waals surface area contributed by atoms with Crippen LogP contribution in [0.5, 0.6) is 0 Å². The van der Waals surface area contributed by atoms with E-state index in [1.165, 1.54) is 0 Å². The molecular formula is C10H21BrN2O2. The fourth-order valence-electron chi connectivity index (χ4n) is 0.906. The molecule has 0 bridgehead atoms. The summed E-state index contributed by atoms with van der Waals surface area (Å²) in [7, 11) is 4.05. The van der Waals surface area contributed by atoms with Crippen molar-refractivity contribution in [2.45, 2.75) is 13.3 Å². The van der Waals surface area contributed by atoms with Gasteiger partial charge in [-0.2, -0.15) is 0 Å². The lowest BCUT2D eigenvalue weighted by atomic mass is 10.2. The second-order valence-corrected chi connectivity index (χ2v) is 3.53. The zero-order valence-electron chi connectivity index (χ0n) is 9.62. The third kappa shape index (κ3) is 11.5. The Bertz CT molecular complexity index is 206. The van der Waals surface area contributed by atoms with E-state index in [9.17, 15) is 4.79 Å². The average molecular weight is 281 g/mol. The van der Waals surface area contributed by atoms with Crippen LogP contribution in [0.3, 0.4) is 0 Å². The number of hydrogen-bond donors (Lipinski definition) is 2. The number of nitrogens with zero attached hydrogens (tertiary/aromatic N) is 1. The van der Waals surface area contributed by atoms with Gasteiger partial charge in [0.1, 0.15) is 0 Å². The third-order valence-corrected chi connectivity index (χ3v) is 1.84. The smallest absolute Gasteiger partial charge is 0.330 e. The Hall–Kier alpha value is -0.390. The van der Waals surface area contributed by atoms with E-state index in [2.05, 4.69) is 10.2 Å². The summed E-state index contributed by atoms with van der Waals surface area (Å²) < 4.78 is 0. The second kappa shape index (κ2) is 10.1. The third-order valence-electron chi connectivity index (χ3n) is 1.84. The standard InChI is InChI=1S/C10H20N2O2.BrH/c1-9(10(13)14)5-4-6-11-7-8-12(2)3;/h5,11H,4,6-8H2,1-3H3,(H,13,14);1H. The molecule has 0 radical (unpaired) electrons. The van der Waals surface area contributed by atoms with Gasteiger partial charge in [0.2, 0.25) is 0 Å². The van der Waals surface area contributed by atoms with Gasteiger partial charge < -0.3 is 15.3 Å². The minimum absolute atomic E-state index is 0. The molecule has 0 heterocycles. The van der Waals surface area contributed by atoms with Gasteiger partial charge in [-0.15, -0.1) is 17.0 Å². The summed E-state index contributed by atoms with van der Waals surface area (Å²) in [5.41, 5.74) is 0.416. The topological polar surface area (TPSA) is 52.6 Å². The van der Waals surface area contributed by atoms with Crippen LogP contribution in [0.15, 0.2) is 11.6 Å². The van der Waals surface area contributed by atoms with Gasteiger partial charge in [0, 0.05) is 18.7 Å². The van der Waals surface area contributed by atoms with Crippen LogP contribution in [0, 0.1) is 0 Å². The van der Waals surface area contributed by atoms with Gasteiger partial charge in [-0.05, 0) is 34.0 Å². The molecule has 0 aliphatic rings. The van der Waals surface area contributed by atoms with Crippen molar-refractivity contribution in [2.75, 3.05) is 33.7 Å². The maximum Gasteiger partial charge on any atom is 0.330 e. The molecule has 0 spiro atoms. The number of rotatable bonds is 7. The van der Waals surface area contributed by atoms with Crippen molar-refractivity contribution in [3.63, 3.8) is 0 Å². The highest BCUT2D eigenvalue weighted by molar-refractivity contribution is 8.93. The quantitative estimate of drug-likeness (QED) is 0.543. The van der Waals surface area contributed by atoms with Crippen molar-refractivity contribution in [3.05, 3.63) is 11.6 Å². The van der Waals surface area contributed by atoms with Crippen molar-refractivity contribution < 1.29 is 9.90 Å².